The first-order valence-corrected chi connectivity index (χ1v) is 31.2. The number of aromatic hydroxyl groups is 2. The molecule has 1 aromatic rings. The number of Topliss-reactive ketones (excluding diaryl/α,β-unsaturated/α-hetero) is 1. The third-order valence-electron chi connectivity index (χ3n) is 18.8. The molecule has 0 radical (unpaired) electrons. The molecule has 0 amide bonds. The number of carbonyl (C=O) groups is 3. The summed E-state index contributed by atoms with van der Waals surface area (Å²) >= 11 is 6.11. The lowest BCUT2D eigenvalue weighted by atomic mass is 9.81. The lowest BCUT2D eigenvalue weighted by Gasteiger charge is -2.49. The number of halogens is 1. The summed E-state index contributed by atoms with van der Waals surface area (Å²) in [7, 11) is 2.75. The second-order valence-corrected chi connectivity index (χ2v) is 26.1. The molecule has 31 atom stereocenters. The molecule has 11 rings (SSSR count). The Hall–Kier alpha value is -3.28. The number of carbonyl (C=O) groups excluding carboxylic acids is 3. The molecule has 10 aliphatic heterocycles. The monoisotopic (exact) mass is 1340 g/mol. The van der Waals surface area contributed by atoms with Crippen molar-refractivity contribution >= 4 is 29.3 Å². The Morgan fingerprint density at radius 2 is 1.36 bits per heavy atom. The van der Waals surface area contributed by atoms with Crippen molar-refractivity contribution in [3.8, 4) is 11.5 Å². The molecule has 0 bridgehead atoms. The van der Waals surface area contributed by atoms with Crippen molar-refractivity contribution in [3.05, 3.63) is 22.2 Å². The lowest BCUT2D eigenvalue weighted by molar-refractivity contribution is -0.428. The Morgan fingerprint density at radius 3 is 2.03 bits per heavy atom. The van der Waals surface area contributed by atoms with Gasteiger partial charge in [0.25, 0.3) is 5.97 Å². The van der Waals surface area contributed by atoms with Crippen LogP contribution < -0.4 is 0 Å². The zero-order valence-corrected chi connectivity index (χ0v) is 53.5. The Balaban J connectivity index is 0.716. The lowest BCUT2D eigenvalue weighted by Crippen LogP contribution is -2.72. The van der Waals surface area contributed by atoms with Gasteiger partial charge in [0.05, 0.1) is 73.3 Å². The van der Waals surface area contributed by atoms with E-state index >= 15 is 0 Å². The van der Waals surface area contributed by atoms with Crippen LogP contribution in [0.15, 0.2) is 6.07 Å². The fraction of sp³-hybridized carbons (Fsp3) is 0.847. The van der Waals surface area contributed by atoms with Crippen LogP contribution in [0.2, 0.25) is 5.02 Å². The molecular formula is C59H85ClO32. The first-order chi connectivity index (χ1) is 43.4. The van der Waals surface area contributed by atoms with Crippen LogP contribution in [0, 0.1) is 12.8 Å². The Labute approximate surface area is 533 Å². The minimum Gasteiger partial charge on any atom is -0.507 e. The number of rotatable bonds is 16. The fourth-order valence-corrected chi connectivity index (χ4v) is 14.3. The number of aliphatic hydroxyl groups excluding tert-OH is 5. The van der Waals surface area contributed by atoms with Gasteiger partial charge in [-0.1, -0.05) is 25.4 Å². The van der Waals surface area contributed by atoms with E-state index in [2.05, 4.69) is 0 Å². The van der Waals surface area contributed by atoms with E-state index < -0.39 is 224 Å². The van der Waals surface area contributed by atoms with Crippen molar-refractivity contribution in [3.63, 3.8) is 0 Å². The van der Waals surface area contributed by atoms with Gasteiger partial charge in [-0.3, -0.25) is 9.59 Å². The van der Waals surface area contributed by atoms with Crippen molar-refractivity contribution in [2.24, 2.45) is 5.92 Å². The average molecular weight is 1340 g/mol. The van der Waals surface area contributed by atoms with Crippen LogP contribution in [0.5, 0.6) is 11.5 Å². The minimum atomic E-state index is -2.14. The molecule has 10 fully saturated rings. The summed E-state index contributed by atoms with van der Waals surface area (Å²) in [6.45, 7) is 14.6. The third-order valence-corrected chi connectivity index (χ3v) is 19.3. The highest BCUT2D eigenvalue weighted by Crippen LogP contribution is 2.53. The predicted molar refractivity (Wildman–Crippen MR) is 298 cm³/mol. The number of esters is 2. The van der Waals surface area contributed by atoms with E-state index in [4.69, 9.17) is 111 Å². The topological polar surface area (TPSA) is 407 Å². The number of aliphatic hydroxyl groups is 6. The summed E-state index contributed by atoms with van der Waals surface area (Å²) in [6, 6.07) is 0.907. The molecule has 33 heteroatoms. The third kappa shape index (κ3) is 12.7. The largest absolute Gasteiger partial charge is 0.507 e. The van der Waals surface area contributed by atoms with Gasteiger partial charge in [0.2, 0.25) is 6.29 Å². The SMILES string of the molecule is COC[C@H]1O[C@@H](O[C@H]2OC[C@@H]3O[C@]4(O[C@H]3[C@H]2OC(=O)C(C)C)O[C@H](C)[C@@](O)(C(C)=O)[C@@H]2OCO[C@H]24)[C@@H](O)[C@@H](O)[C@@H]1O[C@@H]1O[C@H](C)[C@H](OC)[C@H](O[C@H]2C[C@@]3(C)OC4(C[C@@H](O)[C@H](O[C@H]5C[C@@H](O)[C@H](OC(=O)c6c(O)cc(O)c(Cl)c6C)[C@@H](C)O5)[C@@H](C)O4)O[C@@H]3[C@@H](C)O2)[C@H]1O. The zero-order valence-electron chi connectivity index (χ0n) is 52.7. The summed E-state index contributed by atoms with van der Waals surface area (Å²) in [5.74, 6) is -7.95. The van der Waals surface area contributed by atoms with Crippen molar-refractivity contribution in [2.75, 3.05) is 34.2 Å². The molecule has 1 unspecified atom stereocenters. The van der Waals surface area contributed by atoms with Crippen LogP contribution in [0.3, 0.4) is 0 Å². The first kappa shape index (κ1) is 70.1. The number of ether oxygens (including phenoxy) is 21. The number of hydrogen-bond donors (Lipinski definition) is 8. The molecule has 520 valence electrons. The van der Waals surface area contributed by atoms with Gasteiger partial charge in [0, 0.05) is 33.1 Å². The minimum absolute atomic E-state index is 0.0144. The Morgan fingerprint density at radius 1 is 0.674 bits per heavy atom. The predicted octanol–water partition coefficient (Wildman–Crippen LogP) is -0.558. The number of phenolic OH excluding ortho intramolecular Hbond substituents is 2. The first-order valence-electron chi connectivity index (χ1n) is 30.8. The molecule has 92 heavy (non-hydrogen) atoms. The van der Waals surface area contributed by atoms with Crippen molar-refractivity contribution in [1.82, 2.24) is 0 Å². The van der Waals surface area contributed by atoms with Gasteiger partial charge < -0.3 is 140 Å². The number of hydrogen-bond acceptors (Lipinski definition) is 32. The van der Waals surface area contributed by atoms with Crippen molar-refractivity contribution in [2.45, 2.75) is 277 Å². The van der Waals surface area contributed by atoms with Crippen molar-refractivity contribution in [1.29, 1.82) is 0 Å². The van der Waals surface area contributed by atoms with Crippen LogP contribution >= 0.6 is 11.6 Å². The summed E-state index contributed by atoms with van der Waals surface area (Å²) in [6.07, 6.45) is -34.6. The molecular weight excluding hydrogens is 1260 g/mol. The van der Waals surface area contributed by atoms with Gasteiger partial charge >= 0.3 is 17.9 Å². The number of methoxy groups -OCH3 is 2. The summed E-state index contributed by atoms with van der Waals surface area (Å²) in [5, 5.41) is 90.6. The van der Waals surface area contributed by atoms with Gasteiger partial charge in [-0.15, -0.1) is 0 Å². The molecule has 32 nitrogen and oxygen atoms in total. The summed E-state index contributed by atoms with van der Waals surface area (Å²) in [4.78, 5) is 39.4. The van der Waals surface area contributed by atoms with E-state index in [1.54, 1.807) is 48.5 Å². The second-order valence-electron chi connectivity index (χ2n) is 25.7. The molecule has 10 saturated heterocycles. The maximum atomic E-state index is 13.4. The highest BCUT2D eigenvalue weighted by Gasteiger charge is 2.73. The van der Waals surface area contributed by atoms with E-state index in [1.807, 2.05) is 0 Å². The molecule has 0 aliphatic carbocycles. The van der Waals surface area contributed by atoms with E-state index in [-0.39, 0.29) is 55.4 Å². The molecule has 10 aliphatic rings. The molecule has 10 heterocycles. The number of benzene rings is 1. The highest BCUT2D eigenvalue weighted by molar-refractivity contribution is 6.33. The van der Waals surface area contributed by atoms with Gasteiger partial charge in [-0.25, -0.2) is 4.79 Å². The van der Waals surface area contributed by atoms with Crippen LogP contribution in [0.25, 0.3) is 0 Å². The Bertz CT molecular complexity index is 2800. The number of fused-ring (bicyclic) bond motifs is 4. The average Bonchev–Trinajstić information content (AvgIpc) is 1.53. The maximum absolute atomic E-state index is 13.4. The van der Waals surface area contributed by atoms with Gasteiger partial charge in [0.15, 0.2) is 54.9 Å². The van der Waals surface area contributed by atoms with Gasteiger partial charge in [-0.2, -0.15) is 0 Å². The summed E-state index contributed by atoms with van der Waals surface area (Å²) in [5.41, 5.74) is -3.58. The standard InChI is InChI=1S/C59H85ClO32/c1-20(2)51(69)84-47-45-33(89-59(90-45)50-49(75-19-76-50)58(71,26(8)61)27(9)88-59)18-74-55(47)86-53-39(67)38(66)44(32(80-53)17-72-11)85-54-40(68)46(43(73-12)23(5)79-54)82-35-16-56(10)48(25(7)78-35)91-57(92-56)15-31(65)42(24(6)87-57)81-34-14-30(64)41(22(4)77-34)83-52(70)36-21(3)37(60)29(63)13-28(36)62/h13,20,22-25,27,30-35,38-50,53-55,62-68,71H,14-19H2,1-12H3/t22-,23-,24-,25-,27-,30-,31-,32-,33+,34+,35+,38-,39+,40-,41-,42-,43+,44-,45-,46-,47-,48-,49-,50-,53+,54+,55-,56-,57?,58+,59-/m1/s1. The van der Waals surface area contributed by atoms with Crippen LogP contribution in [-0.2, 0) is 109 Å². The Kier molecular flexibility index (Phi) is 20.5. The normalized spacial score (nSPS) is 48.5. The summed E-state index contributed by atoms with van der Waals surface area (Å²) < 4.78 is 129. The molecule has 1 aromatic carbocycles. The molecule has 0 saturated carbocycles. The van der Waals surface area contributed by atoms with Crippen LogP contribution in [-0.4, -0.2) is 282 Å². The number of ketones is 1. The fourth-order valence-electron chi connectivity index (χ4n) is 14.1. The van der Waals surface area contributed by atoms with Crippen molar-refractivity contribution < 1.29 is 155 Å². The smallest absolute Gasteiger partial charge is 0.342 e. The van der Waals surface area contributed by atoms with E-state index in [0.717, 1.165) is 6.07 Å². The van der Waals surface area contributed by atoms with E-state index in [1.165, 1.54) is 35.0 Å². The van der Waals surface area contributed by atoms with Crippen LogP contribution in [0.4, 0.5) is 0 Å². The number of phenols is 2. The van der Waals surface area contributed by atoms with E-state index in [9.17, 15) is 55.2 Å². The van der Waals surface area contributed by atoms with Gasteiger partial charge in [0.1, 0.15) is 103 Å². The molecule has 2 spiro atoms. The maximum Gasteiger partial charge on any atom is 0.342 e. The second kappa shape index (κ2) is 26.9. The quantitative estimate of drug-likeness (QED) is 0.0962. The molecule has 0 aromatic heterocycles. The highest BCUT2D eigenvalue weighted by atomic mass is 35.5. The van der Waals surface area contributed by atoms with Crippen LogP contribution in [0.1, 0.15) is 97.5 Å². The van der Waals surface area contributed by atoms with Gasteiger partial charge in [-0.05, 0) is 61.0 Å². The van der Waals surface area contributed by atoms with E-state index in [0.29, 0.717) is 0 Å². The zero-order chi connectivity index (χ0) is 66.6. The molecule has 8 N–H and O–H groups in total.